The number of hydrogen-bond donors (Lipinski definition) is 0. The van der Waals surface area contributed by atoms with Crippen molar-refractivity contribution >= 4 is 11.5 Å². The first-order chi connectivity index (χ1) is 18.9. The zero-order chi connectivity index (χ0) is 28.8. The first kappa shape index (κ1) is 27.9. The molecule has 0 saturated carbocycles. The number of carbonyl (C=O) groups is 1. The number of amides is 1. The Hall–Kier alpha value is -3.60. The molecule has 2 aliphatic heterocycles. The molecule has 3 aromatic rings. The maximum absolute atomic E-state index is 13.8. The molecule has 0 radical (unpaired) electrons. The summed E-state index contributed by atoms with van der Waals surface area (Å²) in [4.78, 5) is 19.3. The van der Waals surface area contributed by atoms with Gasteiger partial charge in [0.15, 0.2) is 5.82 Å². The summed E-state index contributed by atoms with van der Waals surface area (Å²) < 4.78 is 79.4. The lowest BCUT2D eigenvalue weighted by Gasteiger charge is -2.32. The van der Waals surface area contributed by atoms with Crippen molar-refractivity contribution in [3.63, 3.8) is 0 Å². The number of alkyl halides is 4. The molecule has 212 valence electrons. The lowest BCUT2D eigenvalue weighted by Crippen LogP contribution is -2.39. The lowest BCUT2D eigenvalue weighted by atomic mass is 9.85. The van der Waals surface area contributed by atoms with E-state index in [9.17, 15) is 26.7 Å². The number of benzene rings is 2. The van der Waals surface area contributed by atoms with Gasteiger partial charge in [-0.05, 0) is 54.3 Å². The van der Waals surface area contributed by atoms with Gasteiger partial charge in [0.05, 0.1) is 17.8 Å². The Kier molecular flexibility index (Phi) is 7.52. The van der Waals surface area contributed by atoms with Gasteiger partial charge in [0.1, 0.15) is 12.5 Å². The van der Waals surface area contributed by atoms with Crippen LogP contribution < -0.4 is 0 Å². The summed E-state index contributed by atoms with van der Waals surface area (Å²) in [6.45, 7) is 4.53. The van der Waals surface area contributed by atoms with Crippen LogP contribution in [0, 0.1) is 5.82 Å². The van der Waals surface area contributed by atoms with Gasteiger partial charge in [0.25, 0.3) is 5.89 Å². The molecule has 5 rings (SSSR count). The van der Waals surface area contributed by atoms with Crippen LogP contribution >= 0.6 is 0 Å². The molecule has 1 fully saturated rings. The molecule has 0 bridgehead atoms. The quantitative estimate of drug-likeness (QED) is 0.299. The molecule has 0 N–H and O–H groups in total. The Bertz CT molecular complexity index is 1420. The molecule has 2 aromatic carbocycles. The van der Waals surface area contributed by atoms with Crippen LogP contribution in [0.5, 0.6) is 0 Å². The van der Waals surface area contributed by atoms with Crippen LogP contribution in [-0.4, -0.2) is 39.6 Å². The summed E-state index contributed by atoms with van der Waals surface area (Å²) in [6.07, 6.45) is -4.34. The molecule has 1 amide bonds. The first-order valence-electron chi connectivity index (χ1n) is 13.0. The van der Waals surface area contributed by atoms with Gasteiger partial charge in [-0.25, -0.2) is 8.78 Å². The zero-order valence-corrected chi connectivity index (χ0v) is 22.1. The third-order valence-electron chi connectivity index (χ3n) is 7.43. The van der Waals surface area contributed by atoms with Crippen molar-refractivity contribution in [2.75, 3.05) is 6.54 Å². The van der Waals surface area contributed by atoms with Crippen LogP contribution in [0.4, 0.5) is 22.0 Å². The summed E-state index contributed by atoms with van der Waals surface area (Å²) >= 11 is 0. The molecule has 2 unspecified atom stereocenters. The second kappa shape index (κ2) is 10.8. The van der Waals surface area contributed by atoms with Crippen LogP contribution in [0.3, 0.4) is 0 Å². The summed E-state index contributed by atoms with van der Waals surface area (Å²) in [7, 11) is 0. The largest absolute Gasteiger partial charge is 0.416 e. The van der Waals surface area contributed by atoms with E-state index in [4.69, 9.17) is 9.26 Å². The predicted octanol–water partition coefficient (Wildman–Crippen LogP) is 6.75. The minimum atomic E-state index is -4.65. The Labute approximate surface area is 227 Å². The van der Waals surface area contributed by atoms with E-state index in [-0.39, 0.29) is 35.4 Å². The van der Waals surface area contributed by atoms with Gasteiger partial charge < -0.3 is 14.2 Å². The Morgan fingerprint density at radius 3 is 2.48 bits per heavy atom. The van der Waals surface area contributed by atoms with Gasteiger partial charge in [0, 0.05) is 36.1 Å². The summed E-state index contributed by atoms with van der Waals surface area (Å²) in [6, 6.07) is 8.52. The van der Waals surface area contributed by atoms with Crippen molar-refractivity contribution in [2.45, 2.75) is 70.1 Å². The molecule has 1 saturated heterocycles. The number of ether oxygens (including phenoxy) is 1. The maximum Gasteiger partial charge on any atom is 0.416 e. The maximum atomic E-state index is 13.8. The molecule has 6 nitrogen and oxygen atoms in total. The molecule has 4 atom stereocenters. The average molecular weight is 562 g/mol. The first-order valence-corrected chi connectivity index (χ1v) is 13.0. The van der Waals surface area contributed by atoms with E-state index >= 15 is 0 Å². The number of aromatic nitrogens is 2. The van der Waals surface area contributed by atoms with Crippen LogP contribution in [0.25, 0.3) is 5.57 Å². The van der Waals surface area contributed by atoms with Crippen molar-refractivity contribution in [2.24, 2.45) is 0 Å². The number of hydrogen-bond acceptors (Lipinski definition) is 5. The van der Waals surface area contributed by atoms with Crippen LogP contribution in [-0.2, 0) is 22.4 Å². The fourth-order valence-corrected chi connectivity index (χ4v) is 5.42. The Balaban J connectivity index is 1.47. The molecule has 0 aliphatic carbocycles. The van der Waals surface area contributed by atoms with Gasteiger partial charge in [-0.3, -0.25) is 4.79 Å². The van der Waals surface area contributed by atoms with Crippen molar-refractivity contribution in [1.29, 1.82) is 0 Å². The fraction of sp³-hybridized carbons (Fsp3) is 0.414. The molecule has 0 spiro atoms. The average Bonchev–Trinajstić information content (AvgIpc) is 3.54. The monoisotopic (exact) mass is 561 g/mol. The van der Waals surface area contributed by atoms with Crippen LogP contribution in [0.2, 0.25) is 0 Å². The van der Waals surface area contributed by atoms with E-state index in [1.807, 2.05) is 13.8 Å². The Morgan fingerprint density at radius 2 is 1.85 bits per heavy atom. The van der Waals surface area contributed by atoms with Gasteiger partial charge in [-0.2, -0.15) is 18.2 Å². The zero-order valence-electron chi connectivity index (χ0n) is 22.1. The minimum Gasteiger partial charge on any atom is -0.368 e. The standard InChI is InChI=1S/C29H28F5N3O3/c1-15(2)27-35-28(40-36-27)20-11-23-26(18-4-6-22(31)7-5-18)24(14-37(23)25(38)12-20)39-16(3)19-8-17(13-30)9-21(10-19)29(32,33)34/h4-10,12,15-16,23-24,26H,11,13-14H2,1-3H3/t16-,23?,24+,26?/m1/s1. The highest BCUT2D eigenvalue weighted by Gasteiger charge is 2.48. The topological polar surface area (TPSA) is 68.5 Å². The molecular formula is C29H28F5N3O3. The second-order valence-corrected chi connectivity index (χ2v) is 10.5. The third kappa shape index (κ3) is 5.52. The third-order valence-corrected chi connectivity index (χ3v) is 7.43. The van der Waals surface area contributed by atoms with E-state index < -0.39 is 48.4 Å². The smallest absolute Gasteiger partial charge is 0.368 e. The highest BCUT2D eigenvalue weighted by atomic mass is 19.4. The number of carbonyl (C=O) groups excluding carboxylic acids is 1. The van der Waals surface area contributed by atoms with Crippen molar-refractivity contribution < 1.29 is 36.0 Å². The lowest BCUT2D eigenvalue weighted by molar-refractivity contribution is -0.137. The molecule has 1 aromatic heterocycles. The minimum absolute atomic E-state index is 0.0281. The normalized spacial score (nSPS) is 22.0. The molecule has 2 aliphatic rings. The highest BCUT2D eigenvalue weighted by Crippen LogP contribution is 2.44. The summed E-state index contributed by atoms with van der Waals surface area (Å²) in [5.41, 5.74) is 0.376. The van der Waals surface area contributed by atoms with Crippen molar-refractivity contribution in [3.8, 4) is 0 Å². The Morgan fingerprint density at radius 1 is 1.12 bits per heavy atom. The highest BCUT2D eigenvalue weighted by molar-refractivity contribution is 5.97. The summed E-state index contributed by atoms with van der Waals surface area (Å²) in [5, 5.41) is 3.99. The van der Waals surface area contributed by atoms with E-state index in [1.54, 1.807) is 24.0 Å². The van der Waals surface area contributed by atoms with E-state index in [1.165, 1.54) is 24.3 Å². The second-order valence-electron chi connectivity index (χ2n) is 10.5. The van der Waals surface area contributed by atoms with Gasteiger partial charge in [0.2, 0.25) is 5.91 Å². The van der Waals surface area contributed by atoms with Crippen LogP contribution in [0.15, 0.2) is 53.1 Å². The van der Waals surface area contributed by atoms with Crippen LogP contribution in [0.1, 0.15) is 79.1 Å². The van der Waals surface area contributed by atoms with Gasteiger partial charge >= 0.3 is 6.18 Å². The van der Waals surface area contributed by atoms with E-state index in [2.05, 4.69) is 10.1 Å². The number of halogens is 5. The van der Waals surface area contributed by atoms with E-state index in [0.717, 1.165) is 12.1 Å². The predicted molar refractivity (Wildman–Crippen MR) is 135 cm³/mol. The van der Waals surface area contributed by atoms with Gasteiger partial charge in [-0.15, -0.1) is 0 Å². The number of rotatable bonds is 7. The number of nitrogens with zero attached hydrogens (tertiary/aromatic N) is 3. The fourth-order valence-electron chi connectivity index (χ4n) is 5.42. The van der Waals surface area contributed by atoms with E-state index in [0.29, 0.717) is 23.4 Å². The molecular weight excluding hydrogens is 533 g/mol. The number of fused-ring (bicyclic) bond motifs is 1. The van der Waals surface area contributed by atoms with Gasteiger partial charge in [-0.1, -0.05) is 37.2 Å². The SMILES string of the molecule is CC(C)c1noc(C2=CC(=O)N3C[C@H](O[C@H](C)c4cc(CF)cc(C(F)(F)F)c4)C(c4ccc(F)cc4)C3C2)n1. The molecule has 11 heteroatoms. The molecule has 3 heterocycles. The van der Waals surface area contributed by atoms with Crippen molar-refractivity contribution in [3.05, 3.63) is 88.3 Å². The summed E-state index contributed by atoms with van der Waals surface area (Å²) in [5.74, 6) is -0.374. The van der Waals surface area contributed by atoms with Crippen molar-refractivity contribution in [1.82, 2.24) is 15.0 Å². The molecule has 40 heavy (non-hydrogen) atoms.